The molecule has 0 radical (unpaired) electrons. The second-order valence-corrected chi connectivity index (χ2v) is 9.84. The van der Waals surface area contributed by atoms with Gasteiger partial charge in [0.15, 0.2) is 0 Å². The Labute approximate surface area is 177 Å². The van der Waals surface area contributed by atoms with Gasteiger partial charge in [0.2, 0.25) is 15.9 Å². The highest BCUT2D eigenvalue weighted by Gasteiger charge is 2.29. The smallest absolute Gasteiger partial charge is 0.321 e. The van der Waals surface area contributed by atoms with Crippen molar-refractivity contribution in [3.63, 3.8) is 0 Å². The summed E-state index contributed by atoms with van der Waals surface area (Å²) < 4.78 is 32.2. The third-order valence-electron chi connectivity index (χ3n) is 5.28. The summed E-state index contributed by atoms with van der Waals surface area (Å²) in [5, 5.41) is 5.70. The van der Waals surface area contributed by atoms with Gasteiger partial charge in [0.1, 0.15) is 0 Å². The number of hydrogen-bond acceptors (Lipinski definition) is 5. The van der Waals surface area contributed by atoms with Crippen LogP contribution in [-0.4, -0.2) is 75.0 Å². The van der Waals surface area contributed by atoms with Gasteiger partial charge in [-0.15, -0.1) is 0 Å². The van der Waals surface area contributed by atoms with E-state index in [-0.39, 0.29) is 28.8 Å². The first kappa shape index (κ1) is 22.5. The van der Waals surface area contributed by atoms with Gasteiger partial charge in [0.25, 0.3) is 0 Å². The van der Waals surface area contributed by atoms with Gasteiger partial charge >= 0.3 is 6.03 Å². The van der Waals surface area contributed by atoms with Crippen molar-refractivity contribution < 1.29 is 22.7 Å². The number of morpholine rings is 1. The lowest BCUT2D eigenvalue weighted by molar-refractivity contribution is -0.126. The van der Waals surface area contributed by atoms with Crippen molar-refractivity contribution >= 4 is 27.6 Å². The van der Waals surface area contributed by atoms with Crippen molar-refractivity contribution in [1.82, 2.24) is 14.5 Å². The molecule has 0 aliphatic carbocycles. The van der Waals surface area contributed by atoms with Crippen LogP contribution in [0.3, 0.4) is 0 Å². The van der Waals surface area contributed by atoms with E-state index in [1.54, 1.807) is 17.0 Å². The van der Waals surface area contributed by atoms with Crippen molar-refractivity contribution in [3.05, 3.63) is 24.3 Å². The molecule has 2 aliphatic heterocycles. The van der Waals surface area contributed by atoms with Gasteiger partial charge in [-0.1, -0.05) is 6.07 Å². The number of amides is 3. The number of urea groups is 1. The van der Waals surface area contributed by atoms with Crippen LogP contribution in [0, 0.1) is 5.92 Å². The lowest BCUT2D eigenvalue weighted by Crippen LogP contribution is -2.45. The molecule has 3 amide bonds. The van der Waals surface area contributed by atoms with E-state index in [4.69, 9.17) is 4.74 Å². The summed E-state index contributed by atoms with van der Waals surface area (Å²) in [4.78, 5) is 26.6. The lowest BCUT2D eigenvalue weighted by atomic mass is 9.96. The summed E-state index contributed by atoms with van der Waals surface area (Å²) in [7, 11) is -3.63. The van der Waals surface area contributed by atoms with Gasteiger partial charge in [-0.2, -0.15) is 4.31 Å². The first-order valence-corrected chi connectivity index (χ1v) is 11.8. The van der Waals surface area contributed by atoms with Crippen LogP contribution in [-0.2, 0) is 19.6 Å². The van der Waals surface area contributed by atoms with Crippen LogP contribution in [0.25, 0.3) is 0 Å². The molecule has 0 bridgehead atoms. The third kappa shape index (κ3) is 5.50. The van der Waals surface area contributed by atoms with Gasteiger partial charge in [-0.3, -0.25) is 4.79 Å². The number of nitrogens with zero attached hydrogens (tertiary/aromatic N) is 2. The standard InChI is InChI=1S/C20H30N4O5S/c1-15(2)21-19(25)16-6-8-23(9-7-16)20(26)22-17-4-3-5-18(14-17)30(27,28)24-10-12-29-13-11-24/h3-5,14-16H,6-13H2,1-2H3,(H,21,25)(H,22,26). The molecule has 0 aromatic heterocycles. The van der Waals surface area contributed by atoms with E-state index < -0.39 is 10.0 Å². The first-order valence-electron chi connectivity index (χ1n) is 10.3. The zero-order valence-electron chi connectivity index (χ0n) is 17.5. The summed E-state index contributed by atoms with van der Waals surface area (Å²) >= 11 is 0. The van der Waals surface area contributed by atoms with Gasteiger partial charge < -0.3 is 20.3 Å². The summed E-state index contributed by atoms with van der Waals surface area (Å²) in [6, 6.07) is 6.09. The highest BCUT2D eigenvalue weighted by Crippen LogP contribution is 2.22. The van der Waals surface area contributed by atoms with Crippen LogP contribution >= 0.6 is 0 Å². The van der Waals surface area contributed by atoms with Crippen LogP contribution in [0.2, 0.25) is 0 Å². The Bertz CT molecular complexity index is 860. The summed E-state index contributed by atoms with van der Waals surface area (Å²) in [5.41, 5.74) is 0.425. The SMILES string of the molecule is CC(C)NC(=O)C1CCN(C(=O)Nc2cccc(S(=O)(=O)N3CCOCC3)c2)CC1. The summed E-state index contributed by atoms with van der Waals surface area (Å²) in [6.45, 7) is 6.20. The molecule has 2 N–H and O–H groups in total. The van der Waals surface area contributed by atoms with E-state index in [2.05, 4.69) is 10.6 Å². The molecule has 2 fully saturated rings. The fourth-order valence-corrected chi connectivity index (χ4v) is 5.07. The Morgan fingerprint density at radius 2 is 1.77 bits per heavy atom. The fraction of sp³-hybridized carbons (Fsp3) is 0.600. The van der Waals surface area contributed by atoms with E-state index >= 15 is 0 Å². The maximum Gasteiger partial charge on any atom is 0.321 e. The van der Waals surface area contributed by atoms with E-state index in [9.17, 15) is 18.0 Å². The summed E-state index contributed by atoms with van der Waals surface area (Å²) in [5.74, 6) is -0.0514. The van der Waals surface area contributed by atoms with Crippen LogP contribution in [0.4, 0.5) is 10.5 Å². The van der Waals surface area contributed by atoms with E-state index in [1.807, 2.05) is 13.8 Å². The second kappa shape index (κ2) is 9.76. The molecule has 2 heterocycles. The van der Waals surface area contributed by atoms with Crippen LogP contribution in [0.15, 0.2) is 29.2 Å². The topological polar surface area (TPSA) is 108 Å². The average molecular weight is 439 g/mol. The molecule has 0 unspecified atom stereocenters. The maximum absolute atomic E-state index is 12.8. The van der Waals surface area contributed by atoms with Crippen LogP contribution in [0.5, 0.6) is 0 Å². The molecule has 3 rings (SSSR count). The number of ether oxygens (including phenoxy) is 1. The van der Waals surface area contributed by atoms with Crippen LogP contribution < -0.4 is 10.6 Å². The van der Waals surface area contributed by atoms with Crippen molar-refractivity contribution in [2.75, 3.05) is 44.7 Å². The highest BCUT2D eigenvalue weighted by molar-refractivity contribution is 7.89. The maximum atomic E-state index is 12.8. The Hall–Kier alpha value is -2.17. The molecule has 2 saturated heterocycles. The number of benzene rings is 1. The van der Waals surface area contributed by atoms with Crippen molar-refractivity contribution in [3.8, 4) is 0 Å². The highest BCUT2D eigenvalue weighted by atomic mass is 32.2. The number of carbonyl (C=O) groups excluding carboxylic acids is 2. The van der Waals surface area contributed by atoms with Crippen molar-refractivity contribution in [1.29, 1.82) is 0 Å². The monoisotopic (exact) mass is 438 g/mol. The Morgan fingerprint density at radius 3 is 2.40 bits per heavy atom. The molecule has 0 atom stereocenters. The molecule has 10 heteroatoms. The minimum Gasteiger partial charge on any atom is -0.379 e. The summed E-state index contributed by atoms with van der Waals surface area (Å²) in [6.07, 6.45) is 1.22. The molecule has 166 valence electrons. The number of likely N-dealkylation sites (tertiary alicyclic amines) is 1. The molecule has 0 spiro atoms. The molecular weight excluding hydrogens is 408 g/mol. The van der Waals surface area contributed by atoms with E-state index in [1.165, 1.54) is 16.4 Å². The number of nitrogens with one attached hydrogen (secondary N) is 2. The second-order valence-electron chi connectivity index (χ2n) is 7.90. The molecule has 0 saturated carbocycles. The minimum absolute atomic E-state index is 0.0334. The molecular formula is C20H30N4O5S. The van der Waals surface area contributed by atoms with Crippen molar-refractivity contribution in [2.45, 2.75) is 37.6 Å². The van der Waals surface area contributed by atoms with E-state index in [0.29, 0.717) is 57.9 Å². The molecule has 9 nitrogen and oxygen atoms in total. The number of piperidine rings is 1. The normalized spacial score (nSPS) is 19.0. The zero-order chi connectivity index (χ0) is 21.7. The first-order chi connectivity index (χ1) is 14.3. The van der Waals surface area contributed by atoms with Gasteiger partial charge in [-0.05, 0) is 44.9 Å². The fourth-order valence-electron chi connectivity index (χ4n) is 3.62. The molecule has 30 heavy (non-hydrogen) atoms. The Kier molecular flexibility index (Phi) is 7.32. The van der Waals surface area contributed by atoms with Crippen LogP contribution in [0.1, 0.15) is 26.7 Å². The average Bonchev–Trinajstić information content (AvgIpc) is 2.74. The van der Waals surface area contributed by atoms with Gasteiger partial charge in [0.05, 0.1) is 18.1 Å². The predicted octanol–water partition coefficient (Wildman–Crippen LogP) is 1.48. The number of hydrogen-bond donors (Lipinski definition) is 2. The molecule has 2 aliphatic rings. The number of sulfonamides is 1. The quantitative estimate of drug-likeness (QED) is 0.724. The zero-order valence-corrected chi connectivity index (χ0v) is 18.3. The van der Waals surface area contributed by atoms with Crippen molar-refractivity contribution in [2.24, 2.45) is 5.92 Å². The number of rotatable bonds is 5. The lowest BCUT2D eigenvalue weighted by Gasteiger charge is -2.31. The number of anilines is 1. The largest absolute Gasteiger partial charge is 0.379 e. The predicted molar refractivity (Wildman–Crippen MR) is 113 cm³/mol. The van der Waals surface area contributed by atoms with Gasteiger partial charge in [-0.25, -0.2) is 13.2 Å². The molecule has 1 aromatic rings. The third-order valence-corrected chi connectivity index (χ3v) is 7.17. The Balaban J connectivity index is 1.59. The molecule has 1 aromatic carbocycles. The Morgan fingerprint density at radius 1 is 1.10 bits per heavy atom. The number of carbonyl (C=O) groups is 2. The van der Waals surface area contributed by atoms with Gasteiger partial charge in [0, 0.05) is 43.8 Å². The minimum atomic E-state index is -3.63. The van der Waals surface area contributed by atoms with E-state index in [0.717, 1.165) is 0 Å².